The fraction of sp³-hybridized carbons (Fsp3) is 0.562. The zero-order valence-electron chi connectivity index (χ0n) is 12.1. The molecule has 1 fully saturated rings. The van der Waals surface area contributed by atoms with Gasteiger partial charge in [-0.05, 0) is 50.8 Å². The topological polar surface area (TPSA) is 40.8 Å². The Kier molecular flexibility index (Phi) is 4.03. The van der Waals surface area contributed by atoms with Crippen LogP contribution in [0.15, 0.2) is 30.6 Å². The molecule has 3 rings (SSSR count). The van der Waals surface area contributed by atoms with Crippen LogP contribution >= 0.6 is 0 Å². The molecule has 20 heavy (non-hydrogen) atoms. The van der Waals surface area contributed by atoms with E-state index in [1.165, 1.54) is 5.69 Å². The Morgan fingerprint density at radius 2 is 2.10 bits per heavy atom. The lowest BCUT2D eigenvalue weighted by Gasteiger charge is -2.29. The van der Waals surface area contributed by atoms with Crippen molar-refractivity contribution < 1.29 is 5.11 Å². The second-order valence-electron chi connectivity index (χ2n) is 6.05. The molecule has 0 aromatic carbocycles. The smallest absolute Gasteiger partial charge is 0.136 e. The highest BCUT2D eigenvalue weighted by atomic mass is 16.3. The lowest BCUT2D eigenvalue weighted by atomic mass is 9.87. The van der Waals surface area contributed by atoms with Crippen molar-refractivity contribution in [2.45, 2.75) is 38.3 Å². The van der Waals surface area contributed by atoms with E-state index in [-0.39, 0.29) is 6.10 Å². The molecule has 1 saturated carbocycles. The van der Waals surface area contributed by atoms with Gasteiger partial charge in [0.2, 0.25) is 0 Å². The molecule has 1 aliphatic carbocycles. The van der Waals surface area contributed by atoms with Crippen LogP contribution in [-0.2, 0) is 6.54 Å². The molecular formula is C16H23N3O. The Morgan fingerprint density at radius 1 is 1.30 bits per heavy atom. The van der Waals surface area contributed by atoms with E-state index in [0.717, 1.165) is 50.3 Å². The quantitative estimate of drug-likeness (QED) is 0.929. The molecule has 0 aliphatic heterocycles. The first-order valence-corrected chi connectivity index (χ1v) is 7.50. The van der Waals surface area contributed by atoms with E-state index >= 15 is 0 Å². The number of pyridine rings is 1. The van der Waals surface area contributed by atoms with Crippen LogP contribution in [0, 0.1) is 5.92 Å². The van der Waals surface area contributed by atoms with Gasteiger partial charge < -0.3 is 14.4 Å². The van der Waals surface area contributed by atoms with Crippen molar-refractivity contribution in [2.24, 2.45) is 5.92 Å². The summed E-state index contributed by atoms with van der Waals surface area (Å²) in [7, 11) is 2.17. The first-order chi connectivity index (χ1) is 9.72. The minimum Gasteiger partial charge on any atom is -0.393 e. The monoisotopic (exact) mass is 273 g/mol. The second kappa shape index (κ2) is 5.94. The van der Waals surface area contributed by atoms with E-state index in [0.29, 0.717) is 0 Å². The molecule has 1 N–H and O–H groups in total. The van der Waals surface area contributed by atoms with Crippen LogP contribution in [0.3, 0.4) is 0 Å². The van der Waals surface area contributed by atoms with E-state index in [2.05, 4.69) is 27.5 Å². The van der Waals surface area contributed by atoms with Crippen LogP contribution in [0.5, 0.6) is 0 Å². The minimum absolute atomic E-state index is 0.0599. The van der Waals surface area contributed by atoms with Gasteiger partial charge in [-0.2, -0.15) is 0 Å². The Morgan fingerprint density at radius 3 is 2.90 bits per heavy atom. The van der Waals surface area contributed by atoms with E-state index in [1.54, 1.807) is 0 Å². The summed E-state index contributed by atoms with van der Waals surface area (Å²) in [6.07, 6.45) is 8.22. The zero-order valence-corrected chi connectivity index (χ0v) is 12.1. The van der Waals surface area contributed by atoms with Gasteiger partial charge in [-0.3, -0.25) is 0 Å². The number of fused-ring (bicyclic) bond motifs is 1. The van der Waals surface area contributed by atoms with E-state index in [1.807, 2.05) is 24.4 Å². The predicted molar refractivity (Wildman–Crippen MR) is 79.5 cm³/mol. The third-order valence-corrected chi connectivity index (χ3v) is 4.31. The second-order valence-corrected chi connectivity index (χ2v) is 6.05. The summed E-state index contributed by atoms with van der Waals surface area (Å²) >= 11 is 0. The third-order valence-electron chi connectivity index (χ3n) is 4.31. The van der Waals surface area contributed by atoms with Crippen LogP contribution in [-0.4, -0.2) is 39.1 Å². The predicted octanol–water partition coefficient (Wildman–Crippen LogP) is 2.32. The molecule has 0 saturated heterocycles. The summed E-state index contributed by atoms with van der Waals surface area (Å²) in [5, 5.41) is 9.56. The first kappa shape index (κ1) is 13.6. The van der Waals surface area contributed by atoms with Gasteiger partial charge in [-0.1, -0.05) is 6.07 Å². The Labute approximate surface area is 120 Å². The van der Waals surface area contributed by atoms with Gasteiger partial charge in [0.05, 0.1) is 18.0 Å². The van der Waals surface area contributed by atoms with Crippen LogP contribution in [0.4, 0.5) is 0 Å². The van der Waals surface area contributed by atoms with Gasteiger partial charge in [0.1, 0.15) is 5.65 Å². The van der Waals surface area contributed by atoms with Crippen LogP contribution in [0.1, 0.15) is 31.4 Å². The molecule has 108 valence electrons. The molecule has 0 atom stereocenters. The maximum atomic E-state index is 9.56. The molecule has 4 heteroatoms. The average Bonchev–Trinajstić information content (AvgIpc) is 2.85. The lowest BCUT2D eigenvalue weighted by molar-refractivity contribution is 0.0966. The van der Waals surface area contributed by atoms with Crippen LogP contribution < -0.4 is 0 Å². The number of aromatic nitrogens is 2. The molecule has 0 radical (unpaired) electrons. The standard InChI is InChI=1S/C16H23N3O/c1-18(11-13-5-7-15(20)8-6-13)12-14-10-17-16-4-2-3-9-19(14)16/h2-4,9-10,13,15,20H,5-8,11-12H2,1H3. The van der Waals surface area contributed by atoms with Crippen molar-refractivity contribution in [1.29, 1.82) is 0 Å². The highest BCUT2D eigenvalue weighted by Gasteiger charge is 2.20. The molecule has 4 nitrogen and oxygen atoms in total. The van der Waals surface area contributed by atoms with E-state index in [9.17, 15) is 5.11 Å². The summed E-state index contributed by atoms with van der Waals surface area (Å²) in [5.41, 5.74) is 2.25. The Hall–Kier alpha value is -1.39. The highest BCUT2D eigenvalue weighted by Crippen LogP contribution is 2.25. The lowest BCUT2D eigenvalue weighted by Crippen LogP contribution is -2.29. The molecule has 0 spiro atoms. The molecule has 2 aromatic heterocycles. The summed E-state index contributed by atoms with van der Waals surface area (Å²) < 4.78 is 2.15. The number of nitrogens with zero attached hydrogens (tertiary/aromatic N) is 3. The SMILES string of the molecule is CN(Cc1cnc2ccccn12)CC1CCC(O)CC1. The average molecular weight is 273 g/mol. The van der Waals surface area contributed by atoms with Crippen LogP contribution in [0.25, 0.3) is 5.65 Å². The molecule has 2 aromatic rings. The number of rotatable bonds is 4. The number of aliphatic hydroxyl groups excluding tert-OH is 1. The number of aliphatic hydroxyl groups is 1. The van der Waals surface area contributed by atoms with Crippen molar-refractivity contribution >= 4 is 5.65 Å². The number of imidazole rings is 1. The van der Waals surface area contributed by atoms with Gasteiger partial charge in [0, 0.05) is 19.3 Å². The number of hydrogen-bond donors (Lipinski definition) is 1. The van der Waals surface area contributed by atoms with Gasteiger partial charge in [0.25, 0.3) is 0 Å². The molecule has 0 bridgehead atoms. The zero-order chi connectivity index (χ0) is 13.9. The van der Waals surface area contributed by atoms with Gasteiger partial charge >= 0.3 is 0 Å². The Bertz CT molecular complexity index is 558. The van der Waals surface area contributed by atoms with Crippen LogP contribution in [0.2, 0.25) is 0 Å². The summed E-state index contributed by atoms with van der Waals surface area (Å²) in [4.78, 5) is 6.81. The number of hydrogen-bond acceptors (Lipinski definition) is 3. The fourth-order valence-corrected chi connectivity index (χ4v) is 3.21. The maximum absolute atomic E-state index is 9.56. The summed E-state index contributed by atoms with van der Waals surface area (Å²) in [5.74, 6) is 0.725. The fourth-order valence-electron chi connectivity index (χ4n) is 3.21. The molecule has 0 unspecified atom stereocenters. The minimum atomic E-state index is -0.0599. The van der Waals surface area contributed by atoms with Crippen molar-refractivity contribution in [3.8, 4) is 0 Å². The largest absolute Gasteiger partial charge is 0.393 e. The maximum Gasteiger partial charge on any atom is 0.136 e. The normalized spacial score (nSPS) is 23.6. The molecule has 2 heterocycles. The van der Waals surface area contributed by atoms with Crippen molar-refractivity contribution in [3.05, 3.63) is 36.3 Å². The first-order valence-electron chi connectivity index (χ1n) is 7.50. The summed E-state index contributed by atoms with van der Waals surface area (Å²) in [6, 6.07) is 6.09. The van der Waals surface area contributed by atoms with E-state index in [4.69, 9.17) is 0 Å². The van der Waals surface area contributed by atoms with E-state index < -0.39 is 0 Å². The summed E-state index contributed by atoms with van der Waals surface area (Å²) in [6.45, 7) is 2.02. The van der Waals surface area contributed by atoms with Crippen molar-refractivity contribution in [1.82, 2.24) is 14.3 Å². The van der Waals surface area contributed by atoms with Gasteiger partial charge in [-0.15, -0.1) is 0 Å². The molecular weight excluding hydrogens is 250 g/mol. The third kappa shape index (κ3) is 3.02. The highest BCUT2D eigenvalue weighted by molar-refractivity contribution is 5.39. The van der Waals surface area contributed by atoms with Crippen molar-refractivity contribution in [3.63, 3.8) is 0 Å². The molecule has 0 amide bonds. The van der Waals surface area contributed by atoms with Crippen molar-refractivity contribution in [2.75, 3.05) is 13.6 Å². The van der Waals surface area contributed by atoms with Gasteiger partial charge in [0.15, 0.2) is 0 Å². The Balaban J connectivity index is 1.60. The molecule has 1 aliphatic rings. The van der Waals surface area contributed by atoms with Gasteiger partial charge in [-0.25, -0.2) is 4.98 Å².